The summed E-state index contributed by atoms with van der Waals surface area (Å²) >= 11 is 0. The zero-order valence-corrected chi connectivity index (χ0v) is 13.2. The number of hydrogen-bond donors (Lipinski definition) is 1. The zero-order valence-electron chi connectivity index (χ0n) is 13.2. The van der Waals surface area contributed by atoms with Crippen LogP contribution in [0.3, 0.4) is 0 Å². The lowest BCUT2D eigenvalue weighted by molar-refractivity contribution is 0.0809. The molecular formula is C15H33N3. The van der Waals surface area contributed by atoms with E-state index in [-0.39, 0.29) is 11.5 Å². The molecule has 0 aromatic heterocycles. The molecule has 1 rings (SSSR count). The fraction of sp³-hybridized carbons (Fsp3) is 1.00. The fourth-order valence-electron chi connectivity index (χ4n) is 3.82. The second-order valence-electron chi connectivity index (χ2n) is 7.03. The standard InChI is InChI=1S/C15H33N3/c1-7-18-10-8-9-13(18)11-17(6)14(12(2)16)15(3,4)5/h12-14H,7-11,16H2,1-6H3. The van der Waals surface area contributed by atoms with Gasteiger partial charge in [0.15, 0.2) is 0 Å². The van der Waals surface area contributed by atoms with E-state index < -0.39 is 0 Å². The molecule has 0 spiro atoms. The lowest BCUT2D eigenvalue weighted by Gasteiger charge is -2.42. The molecule has 1 fully saturated rings. The van der Waals surface area contributed by atoms with Crippen molar-refractivity contribution in [2.24, 2.45) is 11.1 Å². The van der Waals surface area contributed by atoms with Crippen LogP contribution in [-0.2, 0) is 0 Å². The average Bonchev–Trinajstić information content (AvgIpc) is 2.61. The summed E-state index contributed by atoms with van der Waals surface area (Å²) < 4.78 is 0. The van der Waals surface area contributed by atoms with Gasteiger partial charge in [0.25, 0.3) is 0 Å². The number of likely N-dealkylation sites (N-methyl/N-ethyl adjacent to an activating group) is 2. The highest BCUT2D eigenvalue weighted by atomic mass is 15.2. The van der Waals surface area contributed by atoms with Gasteiger partial charge in [0.1, 0.15) is 0 Å². The molecule has 2 N–H and O–H groups in total. The van der Waals surface area contributed by atoms with E-state index in [2.05, 4.69) is 51.5 Å². The summed E-state index contributed by atoms with van der Waals surface area (Å²) in [5.74, 6) is 0. The van der Waals surface area contributed by atoms with E-state index >= 15 is 0 Å². The van der Waals surface area contributed by atoms with Crippen LogP contribution in [0, 0.1) is 5.41 Å². The minimum atomic E-state index is 0.214. The molecule has 1 saturated heterocycles. The first-order valence-electron chi connectivity index (χ1n) is 7.47. The number of nitrogens with two attached hydrogens (primary N) is 1. The van der Waals surface area contributed by atoms with E-state index in [1.165, 1.54) is 25.9 Å². The molecule has 3 atom stereocenters. The molecule has 0 aromatic carbocycles. The summed E-state index contributed by atoms with van der Waals surface area (Å²) in [4.78, 5) is 5.10. The van der Waals surface area contributed by atoms with Crippen molar-refractivity contribution < 1.29 is 0 Å². The molecule has 1 aliphatic rings. The van der Waals surface area contributed by atoms with E-state index in [1.807, 2.05) is 0 Å². The maximum Gasteiger partial charge on any atom is 0.0290 e. The summed E-state index contributed by atoms with van der Waals surface area (Å²) in [6, 6.07) is 1.38. The molecule has 108 valence electrons. The van der Waals surface area contributed by atoms with Gasteiger partial charge < -0.3 is 5.73 Å². The van der Waals surface area contributed by atoms with Crippen molar-refractivity contribution >= 4 is 0 Å². The minimum absolute atomic E-state index is 0.214. The Hall–Kier alpha value is -0.120. The first-order chi connectivity index (χ1) is 8.27. The van der Waals surface area contributed by atoms with Gasteiger partial charge in [-0.1, -0.05) is 27.7 Å². The van der Waals surface area contributed by atoms with Crippen LogP contribution in [0.25, 0.3) is 0 Å². The Morgan fingerprint density at radius 1 is 1.39 bits per heavy atom. The lowest BCUT2D eigenvalue weighted by atomic mass is 9.82. The minimum Gasteiger partial charge on any atom is -0.327 e. The van der Waals surface area contributed by atoms with E-state index in [0.717, 1.165) is 12.6 Å². The summed E-state index contributed by atoms with van der Waals surface area (Å²) in [5.41, 5.74) is 6.44. The number of nitrogens with zero attached hydrogens (tertiary/aromatic N) is 2. The first kappa shape index (κ1) is 15.9. The van der Waals surface area contributed by atoms with Crippen molar-refractivity contribution in [3.05, 3.63) is 0 Å². The van der Waals surface area contributed by atoms with Crippen molar-refractivity contribution in [1.29, 1.82) is 0 Å². The zero-order chi connectivity index (χ0) is 13.9. The van der Waals surface area contributed by atoms with Gasteiger partial charge in [-0.3, -0.25) is 9.80 Å². The van der Waals surface area contributed by atoms with Crippen LogP contribution in [-0.4, -0.2) is 54.6 Å². The SMILES string of the molecule is CCN1CCCC1CN(C)C(C(C)N)C(C)(C)C. The van der Waals surface area contributed by atoms with Crippen LogP contribution in [0.15, 0.2) is 0 Å². The van der Waals surface area contributed by atoms with Gasteiger partial charge in [-0.25, -0.2) is 0 Å². The molecule has 0 aromatic rings. The van der Waals surface area contributed by atoms with Crippen LogP contribution >= 0.6 is 0 Å². The molecule has 0 radical (unpaired) electrons. The topological polar surface area (TPSA) is 32.5 Å². The average molecular weight is 255 g/mol. The molecule has 3 heteroatoms. The maximum atomic E-state index is 6.21. The molecular weight excluding hydrogens is 222 g/mol. The van der Waals surface area contributed by atoms with Gasteiger partial charge >= 0.3 is 0 Å². The van der Waals surface area contributed by atoms with Gasteiger partial charge in [-0.2, -0.15) is 0 Å². The quantitative estimate of drug-likeness (QED) is 0.817. The normalized spacial score (nSPS) is 25.7. The van der Waals surface area contributed by atoms with E-state index in [1.54, 1.807) is 0 Å². The van der Waals surface area contributed by atoms with Crippen LogP contribution in [0.2, 0.25) is 0 Å². The summed E-state index contributed by atoms with van der Waals surface area (Å²) in [7, 11) is 2.24. The Balaban J connectivity index is 2.64. The smallest absolute Gasteiger partial charge is 0.0290 e. The number of rotatable bonds is 5. The molecule has 0 saturated carbocycles. The molecule has 1 aliphatic heterocycles. The summed E-state index contributed by atoms with van der Waals surface area (Å²) in [6.07, 6.45) is 2.69. The van der Waals surface area contributed by atoms with Gasteiger partial charge in [0.05, 0.1) is 0 Å². The molecule has 3 nitrogen and oxygen atoms in total. The molecule has 0 bridgehead atoms. The third-order valence-electron chi connectivity index (χ3n) is 4.26. The molecule has 3 unspecified atom stereocenters. The Morgan fingerprint density at radius 3 is 2.44 bits per heavy atom. The Labute approximate surface area is 114 Å². The Morgan fingerprint density at radius 2 is 2.00 bits per heavy atom. The highest BCUT2D eigenvalue weighted by Gasteiger charge is 2.34. The van der Waals surface area contributed by atoms with Crippen molar-refractivity contribution in [3.8, 4) is 0 Å². The van der Waals surface area contributed by atoms with Crippen molar-refractivity contribution in [2.45, 2.75) is 65.6 Å². The van der Waals surface area contributed by atoms with Crippen LogP contribution < -0.4 is 5.73 Å². The second-order valence-corrected chi connectivity index (χ2v) is 7.03. The van der Waals surface area contributed by atoms with Gasteiger partial charge in [-0.15, -0.1) is 0 Å². The van der Waals surface area contributed by atoms with Gasteiger partial charge in [0, 0.05) is 24.7 Å². The van der Waals surface area contributed by atoms with Crippen molar-refractivity contribution in [1.82, 2.24) is 9.80 Å². The highest BCUT2D eigenvalue weighted by Crippen LogP contribution is 2.27. The molecule has 18 heavy (non-hydrogen) atoms. The van der Waals surface area contributed by atoms with E-state index in [4.69, 9.17) is 5.73 Å². The van der Waals surface area contributed by atoms with Crippen LogP contribution in [0.5, 0.6) is 0 Å². The Bertz CT molecular complexity index is 245. The van der Waals surface area contributed by atoms with Crippen molar-refractivity contribution in [3.63, 3.8) is 0 Å². The number of hydrogen-bond acceptors (Lipinski definition) is 3. The first-order valence-corrected chi connectivity index (χ1v) is 7.47. The fourth-order valence-corrected chi connectivity index (χ4v) is 3.82. The lowest BCUT2D eigenvalue weighted by Crippen LogP contribution is -2.54. The number of likely N-dealkylation sites (tertiary alicyclic amines) is 1. The predicted molar refractivity (Wildman–Crippen MR) is 79.8 cm³/mol. The molecule has 0 amide bonds. The predicted octanol–water partition coefficient (Wildman–Crippen LogP) is 2.16. The summed E-state index contributed by atoms with van der Waals surface area (Å²) in [6.45, 7) is 14.9. The van der Waals surface area contributed by atoms with E-state index in [9.17, 15) is 0 Å². The molecule has 0 aliphatic carbocycles. The van der Waals surface area contributed by atoms with Crippen molar-refractivity contribution in [2.75, 3.05) is 26.7 Å². The highest BCUT2D eigenvalue weighted by molar-refractivity contribution is 4.90. The summed E-state index contributed by atoms with van der Waals surface area (Å²) in [5, 5.41) is 0. The molecule has 1 heterocycles. The van der Waals surface area contributed by atoms with Gasteiger partial charge in [0.2, 0.25) is 0 Å². The third kappa shape index (κ3) is 3.94. The van der Waals surface area contributed by atoms with E-state index in [0.29, 0.717) is 6.04 Å². The van der Waals surface area contributed by atoms with Crippen LogP contribution in [0.4, 0.5) is 0 Å². The maximum absolute atomic E-state index is 6.21. The second kappa shape index (κ2) is 6.36. The van der Waals surface area contributed by atoms with Gasteiger partial charge in [-0.05, 0) is 45.3 Å². The Kier molecular flexibility index (Phi) is 5.63. The largest absolute Gasteiger partial charge is 0.327 e. The monoisotopic (exact) mass is 255 g/mol. The van der Waals surface area contributed by atoms with Crippen LogP contribution in [0.1, 0.15) is 47.5 Å². The third-order valence-corrected chi connectivity index (χ3v) is 4.26.